The molecule has 2 atom stereocenters. The average molecular weight is 340 g/mol. The second-order valence-electron chi connectivity index (χ2n) is 5.78. The molecule has 0 saturated heterocycles. The molecule has 2 N–H and O–H groups in total. The molecule has 2 aromatic heterocycles. The van der Waals surface area contributed by atoms with Crippen LogP contribution in [0.2, 0.25) is 10.2 Å². The van der Waals surface area contributed by atoms with Crippen LogP contribution >= 0.6 is 23.2 Å². The molecule has 4 rings (SSSR count). The Balaban J connectivity index is 1.60. The Morgan fingerprint density at radius 3 is 2.91 bits per heavy atom. The van der Waals surface area contributed by atoms with Gasteiger partial charge in [-0.2, -0.15) is 5.21 Å². The molecule has 0 radical (unpaired) electrons. The number of rotatable bonds is 2. The average Bonchev–Trinajstić information content (AvgIpc) is 3.22. The van der Waals surface area contributed by atoms with Crippen LogP contribution in [0.4, 0.5) is 11.5 Å². The van der Waals surface area contributed by atoms with Gasteiger partial charge in [-0.15, -0.1) is 10.2 Å². The highest BCUT2D eigenvalue weighted by Crippen LogP contribution is 2.44. The summed E-state index contributed by atoms with van der Waals surface area (Å²) in [6, 6.07) is 0.375. The lowest BCUT2D eigenvalue weighted by molar-refractivity contribution is 0.604. The van der Waals surface area contributed by atoms with Gasteiger partial charge in [0.05, 0.1) is 17.4 Å². The molecule has 1 aliphatic carbocycles. The number of nitrogens with zero attached hydrogens (tertiary/aromatic N) is 5. The van der Waals surface area contributed by atoms with Gasteiger partial charge < -0.3 is 10.2 Å². The minimum Gasteiger partial charge on any atom is -0.363 e. The minimum absolute atomic E-state index is 0.337. The van der Waals surface area contributed by atoms with E-state index in [0.717, 1.165) is 42.2 Å². The monoisotopic (exact) mass is 339 g/mol. The van der Waals surface area contributed by atoms with Crippen molar-refractivity contribution in [2.24, 2.45) is 0 Å². The Labute approximate surface area is 137 Å². The lowest BCUT2D eigenvalue weighted by Gasteiger charge is -2.25. The number of fused-ring (bicyclic) bond motifs is 1. The van der Waals surface area contributed by atoms with Gasteiger partial charge >= 0.3 is 0 Å². The van der Waals surface area contributed by atoms with Crippen LogP contribution in [-0.2, 0) is 0 Å². The number of hydrogen-bond donors (Lipinski definition) is 2. The second kappa shape index (κ2) is 5.24. The van der Waals surface area contributed by atoms with Crippen LogP contribution in [0.15, 0.2) is 0 Å². The molecular formula is C13H15Cl2N7. The maximum Gasteiger partial charge on any atom is 0.177 e. The van der Waals surface area contributed by atoms with Gasteiger partial charge in [-0.3, -0.25) is 0 Å². The summed E-state index contributed by atoms with van der Waals surface area (Å²) in [5.74, 6) is 1.98. The van der Waals surface area contributed by atoms with Crippen molar-refractivity contribution in [1.29, 1.82) is 0 Å². The largest absolute Gasteiger partial charge is 0.363 e. The summed E-state index contributed by atoms with van der Waals surface area (Å²) in [4.78, 5) is 6.77. The zero-order valence-corrected chi connectivity index (χ0v) is 13.5. The van der Waals surface area contributed by atoms with E-state index in [1.807, 2.05) is 6.92 Å². The molecule has 0 spiro atoms. The van der Waals surface area contributed by atoms with Crippen molar-refractivity contribution in [2.45, 2.75) is 38.1 Å². The molecule has 1 fully saturated rings. The molecule has 22 heavy (non-hydrogen) atoms. The zero-order valence-electron chi connectivity index (χ0n) is 12.0. The lowest BCUT2D eigenvalue weighted by atomic mass is 10.1. The van der Waals surface area contributed by atoms with Crippen molar-refractivity contribution in [3.63, 3.8) is 0 Å². The van der Waals surface area contributed by atoms with Crippen LogP contribution in [0.5, 0.6) is 0 Å². The van der Waals surface area contributed by atoms with Gasteiger partial charge in [-0.1, -0.05) is 28.4 Å². The van der Waals surface area contributed by atoms with Crippen LogP contribution in [0.25, 0.3) is 0 Å². The van der Waals surface area contributed by atoms with Gasteiger partial charge in [0, 0.05) is 17.5 Å². The van der Waals surface area contributed by atoms with Crippen molar-refractivity contribution < 1.29 is 0 Å². The van der Waals surface area contributed by atoms with E-state index in [1.165, 1.54) is 0 Å². The standard InChI is InChI=1S/C13H15Cl2N7/c1-6-9(14)10-13(17-11(6)15)22(5-16-10)8-3-2-7(4-8)12-18-20-21-19-12/h7-8,16H,2-5H2,1H3,(H,18,19,20,21). The highest BCUT2D eigenvalue weighted by atomic mass is 35.5. The fourth-order valence-electron chi connectivity index (χ4n) is 3.33. The van der Waals surface area contributed by atoms with Crippen molar-refractivity contribution in [1.82, 2.24) is 25.6 Å². The van der Waals surface area contributed by atoms with Gasteiger partial charge in [-0.05, 0) is 26.2 Å². The molecule has 2 aromatic rings. The number of aromatic nitrogens is 5. The number of H-pyrrole nitrogens is 1. The Hall–Kier alpha value is -1.60. The van der Waals surface area contributed by atoms with E-state index >= 15 is 0 Å². The van der Waals surface area contributed by atoms with E-state index in [4.69, 9.17) is 23.2 Å². The summed E-state index contributed by atoms with van der Waals surface area (Å²) in [6.45, 7) is 2.58. The first-order valence-corrected chi connectivity index (χ1v) is 8.00. The third-order valence-corrected chi connectivity index (χ3v) is 5.40. The molecule has 3 heterocycles. The molecule has 0 bridgehead atoms. The number of aromatic amines is 1. The number of anilines is 2. The Kier molecular flexibility index (Phi) is 3.34. The summed E-state index contributed by atoms with van der Waals surface area (Å²) in [5, 5.41) is 18.8. The van der Waals surface area contributed by atoms with Crippen molar-refractivity contribution in [3.8, 4) is 0 Å². The smallest absolute Gasteiger partial charge is 0.177 e. The molecule has 9 heteroatoms. The van der Waals surface area contributed by atoms with E-state index in [9.17, 15) is 0 Å². The van der Waals surface area contributed by atoms with Crippen LogP contribution in [-0.4, -0.2) is 38.3 Å². The molecule has 2 unspecified atom stereocenters. The summed E-state index contributed by atoms with van der Waals surface area (Å²) >= 11 is 12.6. The summed E-state index contributed by atoms with van der Waals surface area (Å²) in [7, 11) is 0. The predicted octanol–water partition coefficient (Wildman–Crippen LogP) is 2.74. The first-order valence-electron chi connectivity index (χ1n) is 7.24. The number of pyridine rings is 1. The van der Waals surface area contributed by atoms with Crippen LogP contribution in [0, 0.1) is 6.92 Å². The topological polar surface area (TPSA) is 82.6 Å². The number of halogens is 2. The summed E-state index contributed by atoms with van der Waals surface area (Å²) < 4.78 is 0. The zero-order chi connectivity index (χ0) is 15.3. The maximum atomic E-state index is 6.38. The van der Waals surface area contributed by atoms with E-state index in [2.05, 4.69) is 35.8 Å². The number of nitrogens with one attached hydrogen (secondary N) is 2. The molecule has 1 aliphatic heterocycles. The summed E-state index contributed by atoms with van der Waals surface area (Å²) in [6.07, 6.45) is 3.08. The first-order chi connectivity index (χ1) is 10.6. The van der Waals surface area contributed by atoms with E-state index in [1.54, 1.807) is 0 Å². The Morgan fingerprint density at radius 2 is 2.14 bits per heavy atom. The molecule has 0 aromatic carbocycles. The van der Waals surface area contributed by atoms with Gasteiger partial charge in [-0.25, -0.2) is 4.98 Å². The van der Waals surface area contributed by atoms with E-state index < -0.39 is 0 Å². The number of hydrogen-bond acceptors (Lipinski definition) is 6. The maximum absolute atomic E-state index is 6.38. The fourth-order valence-corrected chi connectivity index (χ4v) is 3.80. The Bertz CT molecular complexity index is 703. The molecule has 2 aliphatic rings. The second-order valence-corrected chi connectivity index (χ2v) is 6.51. The van der Waals surface area contributed by atoms with Crippen molar-refractivity contribution in [2.75, 3.05) is 16.9 Å². The van der Waals surface area contributed by atoms with Crippen LogP contribution in [0.1, 0.15) is 36.6 Å². The third-order valence-electron chi connectivity index (χ3n) is 4.56. The van der Waals surface area contributed by atoms with Gasteiger partial charge in [0.25, 0.3) is 0 Å². The quantitative estimate of drug-likeness (QED) is 0.818. The SMILES string of the molecule is Cc1c(Cl)nc2c(c1Cl)NCN2C1CCC(c2nn[nH]n2)C1. The first kappa shape index (κ1) is 14.0. The van der Waals surface area contributed by atoms with Crippen LogP contribution in [0.3, 0.4) is 0 Å². The van der Waals surface area contributed by atoms with Crippen LogP contribution < -0.4 is 10.2 Å². The normalized spacial score (nSPS) is 23.7. The van der Waals surface area contributed by atoms with Gasteiger partial charge in [0.2, 0.25) is 0 Å². The molecule has 7 nitrogen and oxygen atoms in total. The third kappa shape index (κ3) is 2.11. The van der Waals surface area contributed by atoms with Crippen molar-refractivity contribution in [3.05, 3.63) is 21.6 Å². The molecule has 116 valence electrons. The van der Waals surface area contributed by atoms with Gasteiger partial charge in [0.1, 0.15) is 5.15 Å². The summed E-state index contributed by atoms with van der Waals surface area (Å²) in [5.41, 5.74) is 1.69. The highest BCUT2D eigenvalue weighted by molar-refractivity contribution is 6.38. The van der Waals surface area contributed by atoms with E-state index in [-0.39, 0.29) is 0 Å². The molecule has 1 saturated carbocycles. The van der Waals surface area contributed by atoms with Crippen molar-refractivity contribution >= 4 is 34.7 Å². The lowest BCUT2D eigenvalue weighted by Crippen LogP contribution is -2.33. The Morgan fingerprint density at radius 1 is 1.27 bits per heavy atom. The van der Waals surface area contributed by atoms with E-state index in [0.29, 0.717) is 28.8 Å². The number of tetrazole rings is 1. The fraction of sp³-hybridized carbons (Fsp3) is 0.538. The molecule has 0 amide bonds. The minimum atomic E-state index is 0.337. The molecular weight excluding hydrogens is 325 g/mol. The predicted molar refractivity (Wildman–Crippen MR) is 84.5 cm³/mol. The highest BCUT2D eigenvalue weighted by Gasteiger charge is 2.36. The van der Waals surface area contributed by atoms with Gasteiger partial charge in [0.15, 0.2) is 11.6 Å².